The smallest absolute Gasteiger partial charge is 0.330 e. The van der Waals surface area contributed by atoms with Crippen LogP contribution in [0.3, 0.4) is 0 Å². The first-order valence-electron chi connectivity index (χ1n) is 8.74. The molecule has 0 saturated heterocycles. The second kappa shape index (κ2) is 9.83. The van der Waals surface area contributed by atoms with Gasteiger partial charge in [-0.15, -0.1) is 11.3 Å². The lowest BCUT2D eigenvalue weighted by atomic mass is 10.1. The molecule has 5 nitrogen and oxygen atoms in total. The molecule has 2 aromatic rings. The summed E-state index contributed by atoms with van der Waals surface area (Å²) in [5.74, 6) is -0.607. The van der Waals surface area contributed by atoms with E-state index in [0.29, 0.717) is 17.9 Å². The van der Waals surface area contributed by atoms with Gasteiger partial charge in [-0.2, -0.15) is 0 Å². The molecule has 1 aromatic heterocycles. The van der Waals surface area contributed by atoms with Crippen molar-refractivity contribution >= 4 is 40.8 Å². The van der Waals surface area contributed by atoms with E-state index in [1.807, 2.05) is 19.9 Å². The van der Waals surface area contributed by atoms with Crippen molar-refractivity contribution in [3.05, 3.63) is 57.3 Å². The van der Waals surface area contributed by atoms with Gasteiger partial charge in [-0.3, -0.25) is 9.59 Å². The number of nitrogens with one attached hydrogen (secondary N) is 1. The van der Waals surface area contributed by atoms with Crippen molar-refractivity contribution in [2.45, 2.75) is 33.6 Å². The van der Waals surface area contributed by atoms with Crippen molar-refractivity contribution < 1.29 is 19.1 Å². The van der Waals surface area contributed by atoms with E-state index in [-0.39, 0.29) is 24.5 Å². The Kier molecular flexibility index (Phi) is 7.49. The Morgan fingerprint density at radius 3 is 2.41 bits per heavy atom. The number of aryl methyl sites for hydroxylation is 2. The van der Waals surface area contributed by atoms with E-state index in [4.69, 9.17) is 4.74 Å². The van der Waals surface area contributed by atoms with Crippen LogP contribution in [0.15, 0.2) is 36.4 Å². The van der Waals surface area contributed by atoms with E-state index in [9.17, 15) is 14.4 Å². The number of thiophene rings is 1. The lowest BCUT2D eigenvalue weighted by Gasteiger charge is -2.05. The molecule has 1 N–H and O–H groups in total. The maximum atomic E-state index is 12.2. The molecule has 0 saturated carbocycles. The van der Waals surface area contributed by atoms with Crippen molar-refractivity contribution in [2.24, 2.45) is 0 Å². The molecule has 6 heteroatoms. The molecular weight excluding hydrogens is 362 g/mol. The SMILES string of the molecule is CCOC(=O)/C=C/c1ccc(NC(=O)CCC(=O)c2cc(C)sc2C)cc1. The van der Waals surface area contributed by atoms with Crippen LogP contribution in [0.1, 0.15) is 45.4 Å². The fraction of sp³-hybridized carbons (Fsp3) is 0.286. The second-order valence-electron chi connectivity index (χ2n) is 6.01. The topological polar surface area (TPSA) is 72.5 Å². The number of amides is 1. The summed E-state index contributed by atoms with van der Waals surface area (Å²) in [6, 6.07) is 8.94. The van der Waals surface area contributed by atoms with Crippen LogP contribution in [-0.2, 0) is 14.3 Å². The van der Waals surface area contributed by atoms with Crippen LogP contribution in [0.2, 0.25) is 0 Å². The molecule has 0 unspecified atom stereocenters. The van der Waals surface area contributed by atoms with Gasteiger partial charge in [-0.1, -0.05) is 12.1 Å². The van der Waals surface area contributed by atoms with Gasteiger partial charge in [0.1, 0.15) is 0 Å². The van der Waals surface area contributed by atoms with Crippen molar-refractivity contribution in [1.82, 2.24) is 0 Å². The summed E-state index contributed by atoms with van der Waals surface area (Å²) < 4.78 is 4.82. The van der Waals surface area contributed by atoms with Gasteiger partial charge < -0.3 is 10.1 Å². The van der Waals surface area contributed by atoms with Crippen molar-refractivity contribution in [2.75, 3.05) is 11.9 Å². The zero-order valence-electron chi connectivity index (χ0n) is 15.7. The first kappa shape index (κ1) is 20.6. The summed E-state index contributed by atoms with van der Waals surface area (Å²) in [5.41, 5.74) is 2.17. The summed E-state index contributed by atoms with van der Waals surface area (Å²) in [7, 11) is 0. The molecule has 1 heterocycles. The van der Waals surface area contributed by atoms with Crippen molar-refractivity contribution in [1.29, 1.82) is 0 Å². The van der Waals surface area contributed by atoms with Gasteiger partial charge in [0.25, 0.3) is 0 Å². The number of ether oxygens (including phenoxy) is 1. The molecule has 142 valence electrons. The Morgan fingerprint density at radius 2 is 1.81 bits per heavy atom. The fourth-order valence-corrected chi connectivity index (χ4v) is 3.47. The number of Topliss-reactive ketones (excluding diaryl/α,β-unsaturated/α-hetero) is 1. The van der Waals surface area contributed by atoms with Crippen LogP contribution in [-0.4, -0.2) is 24.3 Å². The van der Waals surface area contributed by atoms with Gasteiger partial charge in [0.15, 0.2) is 5.78 Å². The standard InChI is InChI=1S/C21H23NO4S/c1-4-26-21(25)12-7-16-5-8-17(9-6-16)22-20(24)11-10-19(23)18-13-14(2)27-15(18)3/h5-9,12-13H,4,10-11H2,1-3H3,(H,22,24)/b12-7+. The highest BCUT2D eigenvalue weighted by atomic mass is 32.1. The molecule has 0 spiro atoms. The highest BCUT2D eigenvalue weighted by molar-refractivity contribution is 7.12. The van der Waals surface area contributed by atoms with Gasteiger partial charge in [-0.25, -0.2) is 4.79 Å². The first-order chi connectivity index (χ1) is 12.9. The normalized spacial score (nSPS) is 10.8. The molecule has 1 aromatic carbocycles. The average Bonchev–Trinajstić information content (AvgIpc) is 2.97. The molecule has 0 atom stereocenters. The molecule has 0 aliphatic rings. The largest absolute Gasteiger partial charge is 0.463 e. The van der Waals surface area contributed by atoms with E-state index >= 15 is 0 Å². The van der Waals surface area contributed by atoms with Gasteiger partial charge in [0.2, 0.25) is 5.91 Å². The van der Waals surface area contributed by atoms with Crippen LogP contribution >= 0.6 is 11.3 Å². The van der Waals surface area contributed by atoms with Crippen LogP contribution in [0.25, 0.3) is 6.08 Å². The Bertz CT molecular complexity index is 850. The maximum absolute atomic E-state index is 12.2. The summed E-state index contributed by atoms with van der Waals surface area (Å²) in [4.78, 5) is 37.7. The highest BCUT2D eigenvalue weighted by Crippen LogP contribution is 2.22. The first-order valence-corrected chi connectivity index (χ1v) is 9.55. The fourth-order valence-electron chi connectivity index (χ4n) is 2.53. The number of anilines is 1. The summed E-state index contributed by atoms with van der Waals surface area (Å²) in [5, 5.41) is 2.78. The molecular formula is C21H23NO4S. The Balaban J connectivity index is 1.84. The Labute approximate surface area is 163 Å². The third kappa shape index (κ3) is 6.49. The Morgan fingerprint density at radius 1 is 1.11 bits per heavy atom. The van der Waals surface area contributed by atoms with Crippen LogP contribution < -0.4 is 5.32 Å². The summed E-state index contributed by atoms with van der Waals surface area (Å²) >= 11 is 1.59. The monoisotopic (exact) mass is 385 g/mol. The molecule has 0 fully saturated rings. The van der Waals surface area contributed by atoms with Gasteiger partial charge >= 0.3 is 5.97 Å². The number of carbonyl (C=O) groups excluding carboxylic acids is 3. The van der Waals surface area contributed by atoms with Crippen LogP contribution in [0.4, 0.5) is 5.69 Å². The van der Waals surface area contributed by atoms with Crippen molar-refractivity contribution in [3.8, 4) is 0 Å². The third-order valence-electron chi connectivity index (χ3n) is 3.81. The van der Waals surface area contributed by atoms with Gasteiger partial charge in [-0.05, 0) is 50.6 Å². The number of rotatable bonds is 8. The molecule has 2 rings (SSSR count). The molecule has 1 amide bonds. The summed E-state index contributed by atoms with van der Waals surface area (Å²) in [6.07, 6.45) is 3.32. The van der Waals surface area contributed by atoms with E-state index in [1.54, 1.807) is 48.6 Å². The van der Waals surface area contributed by atoms with Crippen LogP contribution in [0.5, 0.6) is 0 Å². The molecule has 27 heavy (non-hydrogen) atoms. The summed E-state index contributed by atoms with van der Waals surface area (Å²) in [6.45, 7) is 5.97. The number of esters is 1. The Hall–Kier alpha value is -2.73. The minimum atomic E-state index is -0.393. The second-order valence-corrected chi connectivity index (χ2v) is 7.47. The molecule has 0 radical (unpaired) electrons. The zero-order valence-corrected chi connectivity index (χ0v) is 16.5. The predicted octanol–water partition coefficient (Wildman–Crippen LogP) is 4.54. The lowest BCUT2D eigenvalue weighted by molar-refractivity contribution is -0.137. The number of hydrogen-bond acceptors (Lipinski definition) is 5. The van der Waals surface area contributed by atoms with E-state index in [1.165, 1.54) is 6.08 Å². The highest BCUT2D eigenvalue weighted by Gasteiger charge is 2.13. The molecule has 0 aliphatic carbocycles. The third-order valence-corrected chi connectivity index (χ3v) is 4.78. The average molecular weight is 385 g/mol. The minimum Gasteiger partial charge on any atom is -0.463 e. The van der Waals surface area contributed by atoms with Crippen LogP contribution in [0, 0.1) is 13.8 Å². The number of ketones is 1. The number of benzene rings is 1. The van der Waals surface area contributed by atoms with E-state index in [2.05, 4.69) is 5.32 Å². The predicted molar refractivity (Wildman–Crippen MR) is 108 cm³/mol. The molecule has 0 aliphatic heterocycles. The zero-order chi connectivity index (χ0) is 19.8. The maximum Gasteiger partial charge on any atom is 0.330 e. The quantitative estimate of drug-likeness (QED) is 0.411. The minimum absolute atomic E-state index is 0.00792. The lowest BCUT2D eigenvalue weighted by Crippen LogP contribution is -2.13. The number of hydrogen-bond donors (Lipinski definition) is 1. The van der Waals surface area contributed by atoms with Gasteiger partial charge in [0.05, 0.1) is 6.61 Å². The molecule has 0 bridgehead atoms. The van der Waals surface area contributed by atoms with Crippen molar-refractivity contribution in [3.63, 3.8) is 0 Å². The van der Waals surface area contributed by atoms with E-state index in [0.717, 1.165) is 15.3 Å². The van der Waals surface area contributed by atoms with E-state index < -0.39 is 5.97 Å². The number of carbonyl (C=O) groups is 3. The van der Waals surface area contributed by atoms with Gasteiger partial charge in [0, 0.05) is 39.9 Å².